The van der Waals surface area contributed by atoms with Crippen LogP contribution in [0.15, 0.2) is 58.9 Å². The number of anilines is 2. The van der Waals surface area contributed by atoms with Crippen molar-refractivity contribution >= 4 is 43.8 Å². The molecule has 2 heterocycles. The average molecular weight is 537 g/mol. The second kappa shape index (κ2) is 12.2. The van der Waals surface area contributed by atoms with Gasteiger partial charge in [-0.25, -0.2) is 17.8 Å². The number of thiazole rings is 1. The van der Waals surface area contributed by atoms with Crippen molar-refractivity contribution < 1.29 is 12.8 Å². The maximum Gasteiger partial charge on any atom is 0.266 e. The molecule has 2 aromatic carbocycles. The highest BCUT2D eigenvalue weighted by Crippen LogP contribution is 2.30. The number of rotatable bonds is 12. The van der Waals surface area contributed by atoms with Gasteiger partial charge in [0.05, 0.1) is 10.7 Å². The van der Waals surface area contributed by atoms with Gasteiger partial charge in [-0.05, 0) is 42.9 Å². The molecule has 3 N–H and O–H groups in total. The van der Waals surface area contributed by atoms with E-state index < -0.39 is 20.7 Å². The molecule has 1 aliphatic rings. The molecule has 0 spiro atoms. The van der Waals surface area contributed by atoms with Crippen LogP contribution < -0.4 is 15.4 Å². The molecule has 1 fully saturated rings. The lowest BCUT2D eigenvalue weighted by Crippen LogP contribution is -2.20. The van der Waals surface area contributed by atoms with E-state index >= 15 is 0 Å². The molecule has 0 radical (unpaired) electrons. The highest BCUT2D eigenvalue weighted by atomic mass is 35.5. The van der Waals surface area contributed by atoms with Gasteiger partial charge in [-0.15, -0.1) is 11.3 Å². The van der Waals surface area contributed by atoms with E-state index in [2.05, 4.69) is 50.7 Å². The van der Waals surface area contributed by atoms with Crippen LogP contribution in [0.25, 0.3) is 0 Å². The quantitative estimate of drug-likeness (QED) is 0.238. The molecule has 10 heteroatoms. The molecule has 0 bridgehead atoms. The van der Waals surface area contributed by atoms with Gasteiger partial charge in [0.1, 0.15) is 10.7 Å². The van der Waals surface area contributed by atoms with Crippen molar-refractivity contribution in [2.75, 3.05) is 23.1 Å². The summed E-state index contributed by atoms with van der Waals surface area (Å²) < 4.78 is 41.8. The first-order valence-corrected chi connectivity index (χ1v) is 14.6. The third-order valence-electron chi connectivity index (χ3n) is 6.25. The van der Waals surface area contributed by atoms with Crippen LogP contribution >= 0.6 is 22.9 Å². The van der Waals surface area contributed by atoms with Crippen molar-refractivity contribution in [2.24, 2.45) is 0 Å². The van der Waals surface area contributed by atoms with E-state index in [0.717, 1.165) is 49.3 Å². The molecular formula is C25H30ClFN4O2S2. The van der Waals surface area contributed by atoms with Gasteiger partial charge in [0, 0.05) is 30.7 Å². The fourth-order valence-corrected chi connectivity index (χ4v) is 6.59. The summed E-state index contributed by atoms with van der Waals surface area (Å²) in [6.45, 7) is 1.69. The van der Waals surface area contributed by atoms with Crippen LogP contribution in [0.3, 0.4) is 0 Å². The molecular weight excluding hydrogens is 507 g/mol. The van der Waals surface area contributed by atoms with E-state index in [4.69, 9.17) is 11.6 Å². The third kappa shape index (κ3) is 7.16. The zero-order valence-corrected chi connectivity index (χ0v) is 21.7. The van der Waals surface area contributed by atoms with Crippen molar-refractivity contribution in [1.29, 1.82) is 0 Å². The van der Waals surface area contributed by atoms with E-state index in [-0.39, 0.29) is 10.2 Å². The van der Waals surface area contributed by atoms with Gasteiger partial charge < -0.3 is 10.6 Å². The standard InChI is InChI=1S/C25H30ClFN4O2S2/c26-21-15-24(35(32,33)31-25-29-12-13-34-25)22(27)16-23(21)28-11-7-2-1-6-10-20-14-19(17-30-20)18-8-4-3-5-9-18/h3-5,8-9,12-13,15-16,19-20,28,30H,1-2,6-7,10-11,14,17H2,(H,29,31)/t19-,20+/m0/s1. The highest BCUT2D eigenvalue weighted by molar-refractivity contribution is 7.93. The SMILES string of the molecule is O=S(=O)(Nc1nccs1)c1cc(Cl)c(NCCCCCC[C@@H]2C[C@H](c3ccccc3)CN2)cc1F. The molecule has 3 aromatic rings. The number of nitrogens with one attached hydrogen (secondary N) is 3. The van der Waals surface area contributed by atoms with Crippen molar-refractivity contribution in [2.45, 2.75) is 55.4 Å². The molecule has 0 amide bonds. The molecule has 0 saturated carbocycles. The molecule has 6 nitrogen and oxygen atoms in total. The number of hydrogen-bond acceptors (Lipinski definition) is 6. The normalized spacial score (nSPS) is 18.0. The van der Waals surface area contributed by atoms with E-state index in [1.165, 1.54) is 31.0 Å². The summed E-state index contributed by atoms with van der Waals surface area (Å²) in [4.78, 5) is 3.36. The molecule has 1 saturated heterocycles. The van der Waals surface area contributed by atoms with Crippen LogP contribution in [0.5, 0.6) is 0 Å². The smallest absolute Gasteiger partial charge is 0.266 e. The Bertz CT molecular complexity index is 1190. The topological polar surface area (TPSA) is 83.1 Å². The van der Waals surface area contributed by atoms with E-state index in [1.807, 2.05) is 0 Å². The van der Waals surface area contributed by atoms with Gasteiger partial charge >= 0.3 is 0 Å². The van der Waals surface area contributed by atoms with Crippen LogP contribution in [0.1, 0.15) is 50.0 Å². The second-order valence-corrected chi connectivity index (χ2v) is 11.7. The molecule has 35 heavy (non-hydrogen) atoms. The Morgan fingerprint density at radius 1 is 1.14 bits per heavy atom. The molecule has 1 aromatic heterocycles. The summed E-state index contributed by atoms with van der Waals surface area (Å²) in [6.07, 6.45) is 8.14. The monoisotopic (exact) mass is 536 g/mol. The van der Waals surface area contributed by atoms with Gasteiger partial charge in [-0.2, -0.15) is 0 Å². The summed E-state index contributed by atoms with van der Waals surface area (Å²) in [5.41, 5.74) is 1.81. The Balaban J connectivity index is 1.16. The van der Waals surface area contributed by atoms with Crippen LogP contribution in [0.2, 0.25) is 5.02 Å². The fraction of sp³-hybridized carbons (Fsp3) is 0.400. The van der Waals surface area contributed by atoms with Crippen molar-refractivity contribution in [3.8, 4) is 0 Å². The van der Waals surface area contributed by atoms with Crippen LogP contribution in [-0.2, 0) is 10.0 Å². The minimum absolute atomic E-state index is 0.159. The lowest BCUT2D eigenvalue weighted by Gasteiger charge is -2.13. The summed E-state index contributed by atoms with van der Waals surface area (Å²) in [7, 11) is -4.11. The molecule has 4 rings (SSSR count). The molecule has 2 atom stereocenters. The predicted octanol–water partition coefficient (Wildman–Crippen LogP) is 6.24. The Hall–Kier alpha value is -2.20. The Labute approximate surface area is 215 Å². The third-order valence-corrected chi connectivity index (χ3v) is 8.74. The van der Waals surface area contributed by atoms with Crippen molar-refractivity contribution in [1.82, 2.24) is 10.3 Å². The van der Waals surface area contributed by atoms with E-state index in [1.54, 1.807) is 5.38 Å². The number of halogens is 2. The lowest BCUT2D eigenvalue weighted by molar-refractivity contribution is 0.508. The number of aromatic nitrogens is 1. The van der Waals surface area contributed by atoms with Gasteiger partial charge in [0.2, 0.25) is 0 Å². The number of benzene rings is 2. The van der Waals surface area contributed by atoms with E-state index in [9.17, 15) is 12.8 Å². The van der Waals surface area contributed by atoms with Crippen molar-refractivity contribution in [3.05, 3.63) is 70.4 Å². The summed E-state index contributed by atoms with van der Waals surface area (Å²) in [5, 5.41) is 8.73. The minimum atomic E-state index is -4.11. The minimum Gasteiger partial charge on any atom is -0.384 e. The zero-order chi connectivity index (χ0) is 24.7. The summed E-state index contributed by atoms with van der Waals surface area (Å²) >= 11 is 7.35. The van der Waals surface area contributed by atoms with Gasteiger partial charge in [-0.1, -0.05) is 61.2 Å². The average Bonchev–Trinajstić information content (AvgIpc) is 3.53. The van der Waals surface area contributed by atoms with Gasteiger partial charge in [0.15, 0.2) is 5.13 Å². The number of nitrogens with zero attached hydrogens (tertiary/aromatic N) is 1. The highest BCUT2D eigenvalue weighted by Gasteiger charge is 2.25. The maximum absolute atomic E-state index is 14.6. The lowest BCUT2D eigenvalue weighted by atomic mass is 9.94. The van der Waals surface area contributed by atoms with Crippen LogP contribution in [0, 0.1) is 5.82 Å². The first kappa shape index (κ1) is 25.9. The molecule has 0 unspecified atom stereocenters. The maximum atomic E-state index is 14.6. The number of unbranched alkanes of at least 4 members (excludes halogenated alkanes) is 3. The van der Waals surface area contributed by atoms with E-state index in [0.29, 0.717) is 24.2 Å². The first-order chi connectivity index (χ1) is 16.9. The first-order valence-electron chi connectivity index (χ1n) is 11.9. The zero-order valence-electron chi connectivity index (χ0n) is 19.3. The van der Waals surface area contributed by atoms with Crippen molar-refractivity contribution in [3.63, 3.8) is 0 Å². The molecule has 188 valence electrons. The largest absolute Gasteiger partial charge is 0.384 e. The Morgan fingerprint density at radius 2 is 1.94 bits per heavy atom. The van der Waals surface area contributed by atoms with Crippen LogP contribution in [-0.4, -0.2) is 32.5 Å². The number of sulfonamides is 1. The number of hydrogen-bond donors (Lipinski definition) is 3. The molecule has 1 aliphatic heterocycles. The van der Waals surface area contributed by atoms with Gasteiger partial charge in [0.25, 0.3) is 10.0 Å². The Kier molecular flexibility index (Phi) is 8.99. The summed E-state index contributed by atoms with van der Waals surface area (Å²) in [6, 6.07) is 13.6. The Morgan fingerprint density at radius 3 is 2.71 bits per heavy atom. The molecule has 0 aliphatic carbocycles. The van der Waals surface area contributed by atoms with Gasteiger partial charge in [-0.3, -0.25) is 4.72 Å². The predicted molar refractivity (Wildman–Crippen MR) is 141 cm³/mol. The van der Waals surface area contributed by atoms with Crippen LogP contribution in [0.4, 0.5) is 15.2 Å². The summed E-state index contributed by atoms with van der Waals surface area (Å²) in [5.74, 6) is -0.251. The second-order valence-electron chi connectivity index (χ2n) is 8.78. The fourth-order valence-electron chi connectivity index (χ4n) is 4.42.